The molecule has 0 aliphatic carbocycles. The van der Waals surface area contributed by atoms with Crippen molar-refractivity contribution in [2.24, 2.45) is 0 Å². The Hall–Kier alpha value is -1.40. The molecular formula is C19H29N3O2S. The van der Waals surface area contributed by atoms with E-state index >= 15 is 0 Å². The van der Waals surface area contributed by atoms with Gasteiger partial charge in [-0.3, -0.25) is 4.90 Å². The molecule has 0 saturated carbocycles. The molecular weight excluding hydrogens is 334 g/mol. The molecule has 0 bridgehead atoms. The number of carbonyl (C=O) groups excluding carboxylic acids is 1. The zero-order chi connectivity index (χ0) is 17.5. The number of carbonyl (C=O) groups is 1. The molecule has 0 aromatic heterocycles. The maximum absolute atomic E-state index is 12.6. The van der Waals surface area contributed by atoms with E-state index in [1.165, 1.54) is 18.4 Å². The summed E-state index contributed by atoms with van der Waals surface area (Å²) >= 11 is 1.94. The minimum Gasteiger partial charge on any atom is -0.497 e. The highest BCUT2D eigenvalue weighted by Crippen LogP contribution is 2.26. The van der Waals surface area contributed by atoms with Crippen molar-refractivity contribution in [1.82, 2.24) is 15.1 Å². The van der Waals surface area contributed by atoms with Crippen LogP contribution in [0.3, 0.4) is 0 Å². The minimum atomic E-state index is 0.0835. The molecule has 1 unspecified atom stereocenters. The van der Waals surface area contributed by atoms with Gasteiger partial charge in [-0.15, -0.1) is 0 Å². The van der Waals surface area contributed by atoms with Crippen molar-refractivity contribution in [1.29, 1.82) is 0 Å². The van der Waals surface area contributed by atoms with Gasteiger partial charge in [-0.1, -0.05) is 12.1 Å². The number of benzene rings is 1. The number of methoxy groups -OCH3 is 1. The quantitative estimate of drug-likeness (QED) is 0.874. The summed E-state index contributed by atoms with van der Waals surface area (Å²) in [5.74, 6) is 3.07. The second kappa shape index (κ2) is 9.34. The first kappa shape index (κ1) is 18.4. The summed E-state index contributed by atoms with van der Waals surface area (Å²) in [6, 6.07) is 8.57. The number of urea groups is 1. The van der Waals surface area contributed by atoms with Crippen LogP contribution in [-0.4, -0.2) is 67.2 Å². The van der Waals surface area contributed by atoms with E-state index in [0.717, 1.165) is 49.9 Å². The number of hydrogen-bond donors (Lipinski definition) is 1. The molecule has 2 aliphatic heterocycles. The largest absolute Gasteiger partial charge is 0.497 e. The van der Waals surface area contributed by atoms with Crippen LogP contribution in [0.2, 0.25) is 0 Å². The summed E-state index contributed by atoms with van der Waals surface area (Å²) in [6.45, 7) is 4.60. The summed E-state index contributed by atoms with van der Waals surface area (Å²) in [7, 11) is 1.69. The Kier molecular flexibility index (Phi) is 6.87. The Morgan fingerprint density at radius 3 is 2.60 bits per heavy atom. The van der Waals surface area contributed by atoms with Crippen molar-refractivity contribution in [3.05, 3.63) is 29.8 Å². The summed E-state index contributed by atoms with van der Waals surface area (Å²) < 4.78 is 5.27. The summed E-state index contributed by atoms with van der Waals surface area (Å²) in [5, 5.41) is 3.19. The van der Waals surface area contributed by atoms with Gasteiger partial charge >= 0.3 is 6.03 Å². The van der Waals surface area contributed by atoms with Crippen molar-refractivity contribution in [3.63, 3.8) is 0 Å². The van der Waals surface area contributed by atoms with Gasteiger partial charge in [-0.25, -0.2) is 4.79 Å². The molecule has 2 saturated heterocycles. The van der Waals surface area contributed by atoms with Crippen molar-refractivity contribution >= 4 is 17.8 Å². The molecule has 1 aromatic rings. The first-order valence-electron chi connectivity index (χ1n) is 9.26. The van der Waals surface area contributed by atoms with E-state index < -0.39 is 0 Å². The molecule has 2 fully saturated rings. The molecule has 138 valence electrons. The molecule has 0 spiro atoms. The lowest BCUT2D eigenvalue weighted by Gasteiger charge is -2.29. The highest BCUT2D eigenvalue weighted by Gasteiger charge is 2.25. The number of nitrogens with zero attached hydrogens (tertiary/aromatic N) is 2. The Bertz CT molecular complexity index is 538. The van der Waals surface area contributed by atoms with E-state index in [1.807, 2.05) is 28.8 Å². The Morgan fingerprint density at radius 2 is 1.88 bits per heavy atom. The van der Waals surface area contributed by atoms with E-state index in [2.05, 4.69) is 22.3 Å². The molecule has 2 aliphatic rings. The van der Waals surface area contributed by atoms with Gasteiger partial charge in [0.25, 0.3) is 0 Å². The maximum atomic E-state index is 12.6. The van der Waals surface area contributed by atoms with Gasteiger partial charge in [0.2, 0.25) is 0 Å². The van der Waals surface area contributed by atoms with E-state index in [1.54, 1.807) is 7.11 Å². The first-order valence-corrected chi connectivity index (χ1v) is 10.4. The highest BCUT2D eigenvalue weighted by molar-refractivity contribution is 7.99. The molecule has 0 radical (unpaired) electrons. The topological polar surface area (TPSA) is 44.8 Å². The van der Waals surface area contributed by atoms with Gasteiger partial charge in [0.15, 0.2) is 0 Å². The van der Waals surface area contributed by atoms with Crippen molar-refractivity contribution in [3.8, 4) is 5.75 Å². The number of thioether (sulfide) groups is 1. The van der Waals surface area contributed by atoms with Crippen molar-refractivity contribution in [2.75, 3.05) is 51.3 Å². The summed E-state index contributed by atoms with van der Waals surface area (Å²) in [6.07, 6.45) is 3.57. The fourth-order valence-electron chi connectivity index (χ4n) is 3.58. The van der Waals surface area contributed by atoms with E-state index in [-0.39, 0.29) is 12.1 Å². The number of amides is 2. The van der Waals surface area contributed by atoms with Gasteiger partial charge in [0, 0.05) is 25.4 Å². The molecule has 1 aromatic carbocycles. The lowest BCUT2D eigenvalue weighted by atomic mass is 10.1. The molecule has 5 nitrogen and oxygen atoms in total. The molecule has 3 rings (SSSR count). The zero-order valence-electron chi connectivity index (χ0n) is 15.1. The number of rotatable bonds is 5. The zero-order valence-corrected chi connectivity index (χ0v) is 15.9. The predicted octanol–water partition coefficient (Wildman–Crippen LogP) is 2.98. The third-order valence-corrected chi connectivity index (χ3v) is 6.09. The van der Waals surface area contributed by atoms with Crippen molar-refractivity contribution in [2.45, 2.75) is 25.3 Å². The Balaban J connectivity index is 1.63. The summed E-state index contributed by atoms with van der Waals surface area (Å²) in [5.41, 5.74) is 1.24. The fourth-order valence-corrected chi connectivity index (χ4v) is 4.47. The number of hydrogen-bond acceptors (Lipinski definition) is 4. The highest BCUT2D eigenvalue weighted by atomic mass is 32.2. The molecule has 6 heteroatoms. The molecule has 1 N–H and O–H groups in total. The third-order valence-electron chi connectivity index (χ3n) is 5.04. The third kappa shape index (κ3) is 5.05. The monoisotopic (exact) mass is 363 g/mol. The van der Waals surface area contributed by atoms with Crippen LogP contribution >= 0.6 is 11.8 Å². The van der Waals surface area contributed by atoms with Crippen LogP contribution in [0.1, 0.15) is 30.9 Å². The van der Waals surface area contributed by atoms with E-state index in [0.29, 0.717) is 6.54 Å². The van der Waals surface area contributed by atoms with Gasteiger partial charge in [0.05, 0.1) is 13.2 Å². The second-order valence-corrected chi connectivity index (χ2v) is 7.90. The second-order valence-electron chi connectivity index (χ2n) is 6.67. The maximum Gasteiger partial charge on any atom is 0.317 e. The first-order chi connectivity index (χ1) is 12.3. The molecule has 2 amide bonds. The van der Waals surface area contributed by atoms with Crippen LogP contribution in [0.15, 0.2) is 24.3 Å². The normalized spacial score (nSPS) is 20.1. The van der Waals surface area contributed by atoms with Gasteiger partial charge in [0.1, 0.15) is 5.75 Å². The van der Waals surface area contributed by atoms with Crippen LogP contribution in [0.5, 0.6) is 5.75 Å². The number of likely N-dealkylation sites (tertiary alicyclic amines) is 1. The van der Waals surface area contributed by atoms with Gasteiger partial charge in [-0.2, -0.15) is 11.8 Å². The Labute approximate surface area is 155 Å². The van der Waals surface area contributed by atoms with Crippen LogP contribution in [0.4, 0.5) is 4.79 Å². The van der Waals surface area contributed by atoms with Crippen molar-refractivity contribution < 1.29 is 9.53 Å². The van der Waals surface area contributed by atoms with Crippen LogP contribution < -0.4 is 10.1 Å². The standard InChI is InChI=1S/C19H29N3O2S/c1-24-17-7-5-16(6-8-17)18(21-9-2-3-10-21)15-20-19(23)22-11-4-13-25-14-12-22/h5-8,18H,2-4,9-15H2,1H3,(H,20,23). The van der Waals surface area contributed by atoms with Gasteiger partial charge < -0.3 is 15.0 Å². The predicted molar refractivity (Wildman–Crippen MR) is 103 cm³/mol. The average molecular weight is 364 g/mol. The molecule has 1 atom stereocenters. The SMILES string of the molecule is COc1ccc(C(CNC(=O)N2CCCSCC2)N2CCCC2)cc1. The molecule has 2 heterocycles. The lowest BCUT2D eigenvalue weighted by Crippen LogP contribution is -2.44. The van der Waals surface area contributed by atoms with Crippen LogP contribution in [-0.2, 0) is 0 Å². The average Bonchev–Trinajstić information content (AvgIpc) is 3.03. The van der Waals surface area contributed by atoms with Crippen LogP contribution in [0, 0.1) is 0 Å². The van der Waals surface area contributed by atoms with E-state index in [4.69, 9.17) is 4.74 Å². The smallest absolute Gasteiger partial charge is 0.317 e. The van der Waals surface area contributed by atoms with Gasteiger partial charge in [-0.05, 0) is 55.8 Å². The summed E-state index contributed by atoms with van der Waals surface area (Å²) in [4.78, 5) is 17.0. The Morgan fingerprint density at radius 1 is 1.12 bits per heavy atom. The fraction of sp³-hybridized carbons (Fsp3) is 0.632. The van der Waals surface area contributed by atoms with Crippen LogP contribution in [0.25, 0.3) is 0 Å². The number of ether oxygens (including phenoxy) is 1. The number of nitrogens with one attached hydrogen (secondary N) is 1. The minimum absolute atomic E-state index is 0.0835. The lowest BCUT2D eigenvalue weighted by molar-refractivity contribution is 0.191. The van der Waals surface area contributed by atoms with E-state index in [9.17, 15) is 4.79 Å². The molecule has 25 heavy (non-hydrogen) atoms.